The molecule has 1 aromatic rings. The summed E-state index contributed by atoms with van der Waals surface area (Å²) in [6, 6.07) is 1.78. The SMILES string of the molecule is CCC(C)N(C)C(=O)c1cncc(/C=C/C(=O)O)c1. The van der Waals surface area contributed by atoms with Crippen LogP contribution in [0, 0.1) is 0 Å². The molecule has 1 atom stereocenters. The number of aliphatic carboxylic acids is 1. The quantitative estimate of drug-likeness (QED) is 0.824. The highest BCUT2D eigenvalue weighted by Gasteiger charge is 2.16. The zero-order valence-corrected chi connectivity index (χ0v) is 11.3. The summed E-state index contributed by atoms with van der Waals surface area (Å²) in [4.78, 5) is 28.2. The van der Waals surface area contributed by atoms with Crippen LogP contribution in [0.15, 0.2) is 24.5 Å². The molecule has 1 rings (SSSR count). The van der Waals surface area contributed by atoms with Crippen molar-refractivity contribution in [1.82, 2.24) is 9.88 Å². The van der Waals surface area contributed by atoms with Crippen molar-refractivity contribution in [2.45, 2.75) is 26.3 Å². The summed E-state index contributed by atoms with van der Waals surface area (Å²) < 4.78 is 0. The molecule has 5 heteroatoms. The predicted molar refractivity (Wildman–Crippen MR) is 72.8 cm³/mol. The number of rotatable bonds is 5. The maximum atomic E-state index is 12.2. The van der Waals surface area contributed by atoms with Crippen molar-refractivity contribution in [1.29, 1.82) is 0 Å². The first-order chi connectivity index (χ1) is 8.95. The molecule has 0 aliphatic carbocycles. The molecule has 0 aliphatic heterocycles. The highest BCUT2D eigenvalue weighted by molar-refractivity contribution is 5.94. The van der Waals surface area contributed by atoms with Gasteiger partial charge in [0.2, 0.25) is 0 Å². The first kappa shape index (κ1) is 14.9. The Kier molecular flexibility index (Phi) is 5.23. The molecule has 1 N–H and O–H groups in total. The van der Waals surface area contributed by atoms with Crippen LogP contribution >= 0.6 is 0 Å². The van der Waals surface area contributed by atoms with Crippen LogP contribution in [0.25, 0.3) is 6.08 Å². The Bertz CT molecular complexity index is 497. The van der Waals surface area contributed by atoms with Gasteiger partial charge in [-0.05, 0) is 31.1 Å². The number of hydrogen-bond donors (Lipinski definition) is 1. The number of carbonyl (C=O) groups excluding carboxylic acids is 1. The van der Waals surface area contributed by atoms with Crippen molar-refractivity contribution in [3.8, 4) is 0 Å². The third-order valence-electron chi connectivity index (χ3n) is 3.00. The molecule has 1 heterocycles. The van der Waals surface area contributed by atoms with Gasteiger partial charge in [-0.25, -0.2) is 4.79 Å². The molecule has 102 valence electrons. The second kappa shape index (κ2) is 6.68. The van der Waals surface area contributed by atoms with Crippen LogP contribution < -0.4 is 0 Å². The molecule has 0 saturated heterocycles. The summed E-state index contributed by atoms with van der Waals surface area (Å²) >= 11 is 0. The maximum absolute atomic E-state index is 12.2. The van der Waals surface area contributed by atoms with E-state index in [2.05, 4.69) is 4.98 Å². The fourth-order valence-electron chi connectivity index (χ4n) is 1.51. The standard InChI is InChI=1S/C14H18N2O3/c1-4-10(2)16(3)14(19)12-7-11(8-15-9-12)5-6-13(17)18/h5-10H,4H2,1-3H3,(H,17,18)/b6-5+. The lowest BCUT2D eigenvalue weighted by Gasteiger charge is -2.23. The van der Waals surface area contributed by atoms with Gasteiger partial charge in [0.1, 0.15) is 0 Å². The summed E-state index contributed by atoms with van der Waals surface area (Å²) in [6.45, 7) is 3.98. The second-order valence-corrected chi connectivity index (χ2v) is 4.35. The molecule has 0 radical (unpaired) electrons. The third-order valence-corrected chi connectivity index (χ3v) is 3.00. The first-order valence-electron chi connectivity index (χ1n) is 6.09. The van der Waals surface area contributed by atoms with Crippen LogP contribution in [0.2, 0.25) is 0 Å². The Labute approximate surface area is 112 Å². The Morgan fingerprint density at radius 3 is 2.74 bits per heavy atom. The van der Waals surface area contributed by atoms with Gasteiger partial charge in [-0.15, -0.1) is 0 Å². The average molecular weight is 262 g/mol. The van der Waals surface area contributed by atoms with Gasteiger partial charge in [0.05, 0.1) is 5.56 Å². The van der Waals surface area contributed by atoms with E-state index in [-0.39, 0.29) is 11.9 Å². The zero-order valence-electron chi connectivity index (χ0n) is 11.3. The van der Waals surface area contributed by atoms with E-state index in [0.29, 0.717) is 11.1 Å². The van der Waals surface area contributed by atoms with Crippen molar-refractivity contribution in [3.63, 3.8) is 0 Å². The van der Waals surface area contributed by atoms with Gasteiger partial charge in [-0.3, -0.25) is 9.78 Å². The van der Waals surface area contributed by atoms with Gasteiger partial charge < -0.3 is 10.0 Å². The van der Waals surface area contributed by atoms with Crippen molar-refractivity contribution in [2.24, 2.45) is 0 Å². The number of hydrogen-bond acceptors (Lipinski definition) is 3. The molecule has 0 aliphatic rings. The highest BCUT2D eigenvalue weighted by Crippen LogP contribution is 2.10. The van der Waals surface area contributed by atoms with Crippen LogP contribution in [0.4, 0.5) is 0 Å². The molecule has 0 bridgehead atoms. The maximum Gasteiger partial charge on any atom is 0.328 e. The smallest absolute Gasteiger partial charge is 0.328 e. The summed E-state index contributed by atoms with van der Waals surface area (Å²) in [6.07, 6.45) is 6.30. The van der Waals surface area contributed by atoms with Gasteiger partial charge in [0, 0.05) is 31.6 Å². The fraction of sp³-hybridized carbons (Fsp3) is 0.357. The lowest BCUT2D eigenvalue weighted by Crippen LogP contribution is -2.34. The van der Waals surface area contributed by atoms with Crippen LogP contribution in [-0.4, -0.2) is 40.0 Å². The van der Waals surface area contributed by atoms with Crippen LogP contribution in [0.5, 0.6) is 0 Å². The summed E-state index contributed by atoms with van der Waals surface area (Å²) in [5.74, 6) is -1.15. The normalized spacial score (nSPS) is 12.4. The fourth-order valence-corrected chi connectivity index (χ4v) is 1.51. The van der Waals surface area contributed by atoms with E-state index >= 15 is 0 Å². The lowest BCUT2D eigenvalue weighted by molar-refractivity contribution is -0.131. The molecule has 1 aromatic heterocycles. The number of carboxylic acid groups (broad SMARTS) is 1. The first-order valence-corrected chi connectivity index (χ1v) is 6.09. The van der Waals surface area contributed by atoms with Gasteiger partial charge in [0.15, 0.2) is 0 Å². The third kappa shape index (κ3) is 4.21. The van der Waals surface area contributed by atoms with E-state index in [1.165, 1.54) is 18.5 Å². The number of carbonyl (C=O) groups is 2. The van der Waals surface area contributed by atoms with Crippen molar-refractivity contribution in [3.05, 3.63) is 35.7 Å². The summed E-state index contributed by atoms with van der Waals surface area (Å²) in [7, 11) is 1.75. The minimum Gasteiger partial charge on any atom is -0.478 e. The second-order valence-electron chi connectivity index (χ2n) is 4.35. The molecular weight excluding hydrogens is 244 g/mol. The number of amides is 1. The van der Waals surface area contributed by atoms with Crippen molar-refractivity contribution in [2.75, 3.05) is 7.05 Å². The summed E-state index contributed by atoms with van der Waals surface area (Å²) in [5, 5.41) is 8.56. The van der Waals surface area contributed by atoms with E-state index in [4.69, 9.17) is 5.11 Å². The molecule has 0 aromatic carbocycles. The van der Waals surface area contributed by atoms with Crippen LogP contribution in [0.3, 0.4) is 0 Å². The predicted octanol–water partition coefficient (Wildman–Crippen LogP) is 2.05. The summed E-state index contributed by atoms with van der Waals surface area (Å²) in [5.41, 5.74) is 1.04. The number of carboxylic acids is 1. The molecule has 5 nitrogen and oxygen atoms in total. The van der Waals surface area contributed by atoms with Crippen LogP contribution in [0.1, 0.15) is 36.2 Å². The van der Waals surface area contributed by atoms with Gasteiger partial charge in [-0.2, -0.15) is 0 Å². The average Bonchev–Trinajstić information content (AvgIpc) is 2.42. The van der Waals surface area contributed by atoms with E-state index in [1.807, 2.05) is 13.8 Å². The number of nitrogens with zero attached hydrogens (tertiary/aromatic N) is 2. The van der Waals surface area contributed by atoms with Crippen molar-refractivity contribution >= 4 is 18.0 Å². The molecular formula is C14H18N2O3. The molecule has 1 amide bonds. The van der Waals surface area contributed by atoms with E-state index in [0.717, 1.165) is 12.5 Å². The van der Waals surface area contributed by atoms with Gasteiger partial charge >= 0.3 is 5.97 Å². The Morgan fingerprint density at radius 2 is 2.16 bits per heavy atom. The van der Waals surface area contributed by atoms with Gasteiger partial charge in [-0.1, -0.05) is 6.92 Å². The largest absolute Gasteiger partial charge is 0.478 e. The molecule has 1 unspecified atom stereocenters. The molecule has 19 heavy (non-hydrogen) atoms. The van der Waals surface area contributed by atoms with E-state index < -0.39 is 5.97 Å². The number of pyridine rings is 1. The van der Waals surface area contributed by atoms with Gasteiger partial charge in [0.25, 0.3) is 5.91 Å². The minimum absolute atomic E-state index is 0.118. The van der Waals surface area contributed by atoms with E-state index in [9.17, 15) is 9.59 Å². The Morgan fingerprint density at radius 1 is 1.47 bits per heavy atom. The van der Waals surface area contributed by atoms with Crippen LogP contribution in [-0.2, 0) is 4.79 Å². The molecule has 0 spiro atoms. The lowest BCUT2D eigenvalue weighted by atomic mass is 10.1. The highest BCUT2D eigenvalue weighted by atomic mass is 16.4. The Hall–Kier alpha value is -2.17. The minimum atomic E-state index is -1.03. The molecule has 0 fully saturated rings. The van der Waals surface area contributed by atoms with E-state index in [1.54, 1.807) is 18.0 Å². The monoisotopic (exact) mass is 262 g/mol. The molecule has 0 saturated carbocycles. The van der Waals surface area contributed by atoms with Crippen molar-refractivity contribution < 1.29 is 14.7 Å². The number of aromatic nitrogens is 1. The topological polar surface area (TPSA) is 70.5 Å². The zero-order chi connectivity index (χ0) is 14.4. The Balaban J connectivity index is 2.93.